The minimum absolute atomic E-state index is 0.240. The van der Waals surface area contributed by atoms with Crippen LogP contribution in [-0.2, 0) is 6.42 Å². The summed E-state index contributed by atoms with van der Waals surface area (Å²) in [4.78, 5) is 20.3. The molecule has 1 unspecified atom stereocenters. The molecule has 0 radical (unpaired) electrons. The van der Waals surface area contributed by atoms with E-state index in [0.29, 0.717) is 29.5 Å². The second-order valence-electron chi connectivity index (χ2n) is 6.26. The van der Waals surface area contributed by atoms with Crippen molar-refractivity contribution < 1.29 is 9.90 Å². The normalized spacial score (nSPS) is 23.0. The van der Waals surface area contributed by atoms with Crippen LogP contribution < -0.4 is 11.1 Å². The van der Waals surface area contributed by atoms with E-state index >= 15 is 0 Å². The number of primary amides is 1. The topological polar surface area (TPSA) is 101 Å². The Morgan fingerprint density at radius 2 is 2.32 bits per heavy atom. The Kier molecular flexibility index (Phi) is 5.71. The molecule has 4 N–H and O–H groups in total. The fourth-order valence-electron chi connectivity index (χ4n) is 2.89. The van der Waals surface area contributed by atoms with E-state index in [4.69, 9.17) is 5.73 Å². The maximum atomic E-state index is 11.6. The molecule has 1 saturated carbocycles. The molecule has 6 heteroatoms. The number of nitrogens with zero attached hydrogens (tertiary/aromatic N) is 2. The van der Waals surface area contributed by atoms with Gasteiger partial charge in [0.05, 0.1) is 17.4 Å². The molecule has 122 valence electrons. The van der Waals surface area contributed by atoms with Crippen molar-refractivity contribution in [1.82, 2.24) is 9.97 Å². The van der Waals surface area contributed by atoms with E-state index in [1.165, 1.54) is 6.20 Å². The van der Waals surface area contributed by atoms with Gasteiger partial charge in [0.2, 0.25) is 5.95 Å². The highest BCUT2D eigenvalue weighted by Crippen LogP contribution is 2.28. The third-order valence-electron chi connectivity index (χ3n) is 4.36. The van der Waals surface area contributed by atoms with Crippen LogP contribution in [0.4, 0.5) is 5.95 Å². The number of hydrogen-bond acceptors (Lipinski definition) is 5. The molecule has 0 bridgehead atoms. The molecule has 1 fully saturated rings. The van der Waals surface area contributed by atoms with Crippen LogP contribution in [0.2, 0.25) is 0 Å². The zero-order chi connectivity index (χ0) is 16.1. The number of nitrogens with one attached hydrogen (secondary N) is 1. The monoisotopic (exact) mass is 306 g/mol. The lowest BCUT2D eigenvalue weighted by atomic mass is 9.84. The van der Waals surface area contributed by atoms with Crippen LogP contribution in [0.15, 0.2) is 6.20 Å². The molecule has 3 atom stereocenters. The third kappa shape index (κ3) is 4.40. The Labute approximate surface area is 131 Å². The molecular weight excluding hydrogens is 280 g/mol. The van der Waals surface area contributed by atoms with Gasteiger partial charge < -0.3 is 16.2 Å². The van der Waals surface area contributed by atoms with E-state index in [0.717, 1.165) is 32.1 Å². The van der Waals surface area contributed by atoms with Gasteiger partial charge in [0.1, 0.15) is 0 Å². The summed E-state index contributed by atoms with van der Waals surface area (Å²) in [5.41, 5.74) is 6.51. The van der Waals surface area contributed by atoms with E-state index in [1.807, 2.05) is 0 Å². The second-order valence-corrected chi connectivity index (χ2v) is 6.26. The van der Waals surface area contributed by atoms with Gasteiger partial charge in [0, 0.05) is 12.2 Å². The van der Waals surface area contributed by atoms with E-state index in [2.05, 4.69) is 29.1 Å². The SMILES string of the molecule is CC[C@H](C)Nc1ncc(C(N)=O)c(CC2CCC[C@H](O)C2)n1. The summed E-state index contributed by atoms with van der Waals surface area (Å²) in [6.07, 6.45) is 6.58. The van der Waals surface area contributed by atoms with E-state index < -0.39 is 5.91 Å². The molecule has 1 aromatic rings. The van der Waals surface area contributed by atoms with Crippen LogP contribution >= 0.6 is 0 Å². The first-order valence-electron chi connectivity index (χ1n) is 8.09. The maximum absolute atomic E-state index is 11.6. The zero-order valence-electron chi connectivity index (χ0n) is 13.4. The van der Waals surface area contributed by atoms with E-state index in [-0.39, 0.29) is 12.1 Å². The zero-order valence-corrected chi connectivity index (χ0v) is 13.4. The Bertz CT molecular complexity index is 521. The minimum Gasteiger partial charge on any atom is -0.393 e. The summed E-state index contributed by atoms with van der Waals surface area (Å²) in [7, 11) is 0. The van der Waals surface area contributed by atoms with Gasteiger partial charge in [-0.15, -0.1) is 0 Å². The number of hydrogen-bond donors (Lipinski definition) is 3. The maximum Gasteiger partial charge on any atom is 0.252 e. The predicted molar refractivity (Wildman–Crippen MR) is 85.6 cm³/mol. The van der Waals surface area contributed by atoms with Crippen LogP contribution in [0.3, 0.4) is 0 Å². The van der Waals surface area contributed by atoms with Crippen LogP contribution in [0.25, 0.3) is 0 Å². The third-order valence-corrected chi connectivity index (χ3v) is 4.36. The van der Waals surface area contributed by atoms with Crippen LogP contribution in [-0.4, -0.2) is 33.1 Å². The molecule has 1 aliphatic rings. The lowest BCUT2D eigenvalue weighted by Gasteiger charge is -2.26. The van der Waals surface area contributed by atoms with Crippen molar-refractivity contribution in [3.63, 3.8) is 0 Å². The molecule has 0 aromatic carbocycles. The smallest absolute Gasteiger partial charge is 0.252 e. The van der Waals surface area contributed by atoms with Gasteiger partial charge in [-0.1, -0.05) is 13.3 Å². The van der Waals surface area contributed by atoms with E-state index in [1.54, 1.807) is 0 Å². The first kappa shape index (κ1) is 16.7. The van der Waals surface area contributed by atoms with Gasteiger partial charge >= 0.3 is 0 Å². The number of aliphatic hydroxyl groups excluding tert-OH is 1. The number of rotatable bonds is 6. The van der Waals surface area contributed by atoms with Crippen molar-refractivity contribution >= 4 is 11.9 Å². The molecule has 6 nitrogen and oxygen atoms in total. The molecule has 0 saturated heterocycles. The van der Waals surface area contributed by atoms with Crippen LogP contribution in [0.1, 0.15) is 62.0 Å². The summed E-state index contributed by atoms with van der Waals surface area (Å²) in [5, 5.41) is 13.0. The highest BCUT2D eigenvalue weighted by Gasteiger charge is 2.23. The Morgan fingerprint density at radius 1 is 1.55 bits per heavy atom. The molecule has 1 heterocycles. The lowest BCUT2D eigenvalue weighted by molar-refractivity contribution is 0.0987. The number of amides is 1. The van der Waals surface area contributed by atoms with Crippen LogP contribution in [0, 0.1) is 5.92 Å². The largest absolute Gasteiger partial charge is 0.393 e. The highest BCUT2D eigenvalue weighted by molar-refractivity contribution is 5.93. The van der Waals surface area contributed by atoms with E-state index in [9.17, 15) is 9.90 Å². The van der Waals surface area contributed by atoms with Gasteiger partial charge in [-0.3, -0.25) is 4.79 Å². The molecule has 1 aliphatic carbocycles. The molecule has 1 aromatic heterocycles. The molecule has 22 heavy (non-hydrogen) atoms. The number of carbonyl (C=O) groups excluding carboxylic acids is 1. The molecule has 0 spiro atoms. The van der Waals surface area contributed by atoms with Crippen molar-refractivity contribution in [2.75, 3.05) is 5.32 Å². The first-order valence-corrected chi connectivity index (χ1v) is 8.09. The standard InChI is InChI=1S/C16H26N4O2/c1-3-10(2)19-16-18-9-13(15(17)22)14(20-16)8-11-5-4-6-12(21)7-11/h9-12,21H,3-8H2,1-2H3,(H2,17,22)(H,18,19,20)/t10-,11?,12-/m0/s1. The van der Waals surface area contributed by atoms with Gasteiger partial charge in [-0.2, -0.15) is 0 Å². The fraction of sp³-hybridized carbons (Fsp3) is 0.688. The van der Waals surface area contributed by atoms with Gasteiger partial charge in [-0.05, 0) is 44.9 Å². The van der Waals surface area contributed by atoms with Crippen molar-refractivity contribution in [2.24, 2.45) is 11.7 Å². The Hall–Kier alpha value is -1.69. The van der Waals surface area contributed by atoms with Gasteiger partial charge in [0.15, 0.2) is 0 Å². The first-order chi connectivity index (χ1) is 10.5. The van der Waals surface area contributed by atoms with Gasteiger partial charge in [0.25, 0.3) is 5.91 Å². The Balaban J connectivity index is 2.18. The van der Waals surface area contributed by atoms with Crippen molar-refractivity contribution in [3.05, 3.63) is 17.5 Å². The molecule has 0 aliphatic heterocycles. The molecular formula is C16H26N4O2. The number of anilines is 1. The summed E-state index contributed by atoms with van der Waals surface area (Å²) < 4.78 is 0. The predicted octanol–water partition coefficient (Wildman–Crippen LogP) is 1.88. The number of aromatic nitrogens is 2. The second kappa shape index (κ2) is 7.54. The quantitative estimate of drug-likeness (QED) is 0.745. The number of nitrogens with two attached hydrogens (primary N) is 1. The average molecular weight is 306 g/mol. The van der Waals surface area contributed by atoms with Gasteiger partial charge in [-0.25, -0.2) is 9.97 Å². The van der Waals surface area contributed by atoms with Crippen LogP contribution in [0.5, 0.6) is 0 Å². The Morgan fingerprint density at radius 3 is 2.95 bits per heavy atom. The fourth-order valence-corrected chi connectivity index (χ4v) is 2.89. The lowest BCUT2D eigenvalue weighted by Crippen LogP contribution is -2.24. The summed E-state index contributed by atoms with van der Waals surface area (Å²) in [6, 6.07) is 0.267. The van der Waals surface area contributed by atoms with Crippen molar-refractivity contribution in [2.45, 2.75) is 64.5 Å². The number of aliphatic hydroxyl groups is 1. The van der Waals surface area contributed by atoms with Crippen molar-refractivity contribution in [1.29, 1.82) is 0 Å². The summed E-state index contributed by atoms with van der Waals surface area (Å²) in [6.45, 7) is 4.14. The molecule has 1 amide bonds. The highest BCUT2D eigenvalue weighted by atomic mass is 16.3. The van der Waals surface area contributed by atoms with Crippen molar-refractivity contribution in [3.8, 4) is 0 Å². The number of carbonyl (C=O) groups is 1. The summed E-state index contributed by atoms with van der Waals surface area (Å²) in [5.74, 6) is 0.375. The summed E-state index contributed by atoms with van der Waals surface area (Å²) >= 11 is 0. The minimum atomic E-state index is -0.499. The average Bonchev–Trinajstić information content (AvgIpc) is 2.47. The molecule has 2 rings (SSSR count).